The lowest BCUT2D eigenvalue weighted by molar-refractivity contribution is -0.156. The topological polar surface area (TPSA) is 72.9 Å². The molecule has 1 aliphatic carbocycles. The Hall–Kier alpha value is -3.58. The van der Waals surface area contributed by atoms with E-state index in [1.165, 1.54) is 24.3 Å². The predicted molar refractivity (Wildman–Crippen MR) is 121 cm³/mol. The van der Waals surface area contributed by atoms with Gasteiger partial charge in [0, 0.05) is 30.1 Å². The van der Waals surface area contributed by atoms with Gasteiger partial charge in [-0.25, -0.2) is 4.39 Å². The second-order valence-electron chi connectivity index (χ2n) is 9.27. The van der Waals surface area contributed by atoms with E-state index in [-0.39, 0.29) is 11.3 Å². The number of esters is 1. The molecule has 6 nitrogen and oxygen atoms in total. The molecule has 1 amide bonds. The zero-order valence-corrected chi connectivity index (χ0v) is 18.5. The number of ketones is 1. The van der Waals surface area contributed by atoms with Crippen LogP contribution in [0.4, 0.5) is 4.39 Å². The molecule has 1 saturated heterocycles. The molecule has 3 aliphatic rings. The summed E-state index contributed by atoms with van der Waals surface area (Å²) in [6, 6.07) is 16.4. The smallest absolute Gasteiger partial charge is 0.328 e. The van der Waals surface area contributed by atoms with Crippen LogP contribution in [0.3, 0.4) is 0 Å². The lowest BCUT2D eigenvalue weighted by Crippen LogP contribution is -2.50. The van der Waals surface area contributed by atoms with Gasteiger partial charge in [0.1, 0.15) is 11.6 Å². The lowest BCUT2D eigenvalue weighted by atomic mass is 9.86. The van der Waals surface area contributed by atoms with Crippen molar-refractivity contribution in [3.8, 4) is 5.75 Å². The molecule has 2 aliphatic heterocycles. The van der Waals surface area contributed by atoms with Gasteiger partial charge in [-0.1, -0.05) is 30.3 Å². The van der Waals surface area contributed by atoms with Crippen LogP contribution >= 0.6 is 0 Å². The quantitative estimate of drug-likeness (QED) is 0.258. The molecule has 0 N–H and O–H groups in total. The van der Waals surface area contributed by atoms with E-state index in [9.17, 15) is 18.8 Å². The van der Waals surface area contributed by atoms with Gasteiger partial charge in [0.25, 0.3) is 0 Å². The minimum absolute atomic E-state index is 0.252. The van der Waals surface area contributed by atoms with E-state index in [0.717, 1.165) is 10.8 Å². The van der Waals surface area contributed by atoms with Crippen molar-refractivity contribution in [2.24, 2.45) is 10.8 Å². The second kappa shape index (κ2) is 7.21. The Labute approximate surface area is 195 Å². The SMILES string of the molecule is C[C@]1(C(=O)c2ccc(F)cc2)[C@H]2c3c(ccc4ccccc34)OC(=O)[C@@]21C(=O)N1CCOCC1. The van der Waals surface area contributed by atoms with Crippen molar-refractivity contribution in [3.63, 3.8) is 0 Å². The summed E-state index contributed by atoms with van der Waals surface area (Å²) in [5.41, 5.74) is -2.13. The standard InChI is InChI=1S/C27H22FNO5/c1-26(23(30)17-6-9-18(28)10-7-17)22-21-19-5-3-2-4-16(19)8-11-20(21)34-25(32)27(22,26)24(31)29-12-14-33-15-13-29/h2-11,22H,12-15H2,1H3/t22-,26-,27+/m1/s1. The number of carbonyl (C=O) groups excluding carboxylic acids is 3. The number of rotatable bonds is 3. The number of hydrogen-bond donors (Lipinski definition) is 0. The Bertz CT molecular complexity index is 1360. The molecule has 2 heterocycles. The molecule has 7 heteroatoms. The van der Waals surface area contributed by atoms with Crippen molar-refractivity contribution >= 4 is 28.4 Å². The average molecular weight is 459 g/mol. The Morgan fingerprint density at radius 2 is 1.71 bits per heavy atom. The largest absolute Gasteiger partial charge is 0.425 e. The fourth-order valence-corrected chi connectivity index (χ4v) is 5.96. The maximum atomic E-state index is 14.0. The minimum Gasteiger partial charge on any atom is -0.425 e. The van der Waals surface area contributed by atoms with E-state index in [4.69, 9.17) is 9.47 Å². The number of benzene rings is 3. The van der Waals surface area contributed by atoms with E-state index in [2.05, 4.69) is 0 Å². The molecule has 3 atom stereocenters. The summed E-state index contributed by atoms with van der Waals surface area (Å²) in [5.74, 6) is -2.30. The van der Waals surface area contributed by atoms with E-state index in [1.54, 1.807) is 17.9 Å². The van der Waals surface area contributed by atoms with Gasteiger partial charge in [0.2, 0.25) is 5.91 Å². The van der Waals surface area contributed by atoms with E-state index in [0.29, 0.717) is 37.6 Å². The molecule has 0 spiro atoms. The van der Waals surface area contributed by atoms with Crippen LogP contribution in [0.1, 0.15) is 28.8 Å². The van der Waals surface area contributed by atoms with Crippen LogP contribution in [0.5, 0.6) is 5.75 Å². The molecule has 0 aromatic heterocycles. The zero-order chi connectivity index (χ0) is 23.7. The van der Waals surface area contributed by atoms with Crippen LogP contribution in [0, 0.1) is 16.6 Å². The molecule has 0 unspecified atom stereocenters. The molecule has 2 fully saturated rings. The predicted octanol–water partition coefficient (Wildman–Crippen LogP) is 3.73. The summed E-state index contributed by atoms with van der Waals surface area (Å²) in [7, 11) is 0. The van der Waals surface area contributed by atoms with Crippen LogP contribution in [0.25, 0.3) is 10.8 Å². The highest BCUT2D eigenvalue weighted by Crippen LogP contribution is 2.79. The van der Waals surface area contributed by atoms with E-state index < -0.39 is 34.4 Å². The first-order valence-electron chi connectivity index (χ1n) is 11.3. The molecule has 1 saturated carbocycles. The van der Waals surface area contributed by atoms with Gasteiger partial charge in [-0.3, -0.25) is 14.4 Å². The summed E-state index contributed by atoms with van der Waals surface area (Å²) >= 11 is 0. The number of carbonyl (C=O) groups is 3. The van der Waals surface area contributed by atoms with Crippen LogP contribution < -0.4 is 4.74 Å². The summed E-state index contributed by atoms with van der Waals surface area (Å²) in [5, 5.41) is 1.77. The first kappa shape index (κ1) is 21.0. The van der Waals surface area contributed by atoms with E-state index >= 15 is 0 Å². The highest BCUT2D eigenvalue weighted by molar-refractivity contribution is 6.22. The number of ether oxygens (including phenoxy) is 2. The maximum absolute atomic E-state index is 14.0. The minimum atomic E-state index is -1.69. The highest BCUT2D eigenvalue weighted by Gasteiger charge is 2.88. The summed E-state index contributed by atoms with van der Waals surface area (Å²) < 4.78 is 24.8. The third kappa shape index (κ3) is 2.56. The molecule has 0 bridgehead atoms. The summed E-state index contributed by atoms with van der Waals surface area (Å²) in [6.45, 7) is 3.07. The Balaban J connectivity index is 1.57. The lowest BCUT2D eigenvalue weighted by Gasteiger charge is -2.32. The van der Waals surface area contributed by atoms with Crippen molar-refractivity contribution < 1.29 is 28.2 Å². The molecule has 34 heavy (non-hydrogen) atoms. The highest BCUT2D eigenvalue weighted by atomic mass is 19.1. The number of morpholine rings is 1. The first-order chi connectivity index (χ1) is 16.4. The van der Waals surface area contributed by atoms with Crippen LogP contribution in [0.15, 0.2) is 60.7 Å². The van der Waals surface area contributed by atoms with Gasteiger partial charge in [-0.2, -0.15) is 0 Å². The van der Waals surface area contributed by atoms with Gasteiger partial charge in [-0.15, -0.1) is 0 Å². The summed E-state index contributed by atoms with van der Waals surface area (Å²) in [6.07, 6.45) is 0. The summed E-state index contributed by atoms with van der Waals surface area (Å²) in [4.78, 5) is 43.2. The molecule has 3 aromatic rings. The van der Waals surface area contributed by atoms with Crippen molar-refractivity contribution in [1.29, 1.82) is 0 Å². The van der Waals surface area contributed by atoms with Crippen molar-refractivity contribution in [3.05, 3.63) is 77.6 Å². The van der Waals surface area contributed by atoms with Crippen molar-refractivity contribution in [1.82, 2.24) is 4.90 Å². The fourth-order valence-electron chi connectivity index (χ4n) is 5.96. The number of Topliss-reactive ketones (excluding diaryl/α,β-unsaturated/α-hetero) is 1. The maximum Gasteiger partial charge on any atom is 0.328 e. The van der Waals surface area contributed by atoms with Gasteiger partial charge < -0.3 is 14.4 Å². The van der Waals surface area contributed by atoms with Gasteiger partial charge in [0.05, 0.1) is 18.6 Å². The average Bonchev–Trinajstić information content (AvgIpc) is 3.46. The Morgan fingerprint density at radius 3 is 2.44 bits per heavy atom. The normalized spacial score (nSPS) is 27.5. The second-order valence-corrected chi connectivity index (χ2v) is 9.27. The van der Waals surface area contributed by atoms with E-state index in [1.807, 2.05) is 30.3 Å². The third-order valence-corrected chi connectivity index (χ3v) is 7.70. The monoisotopic (exact) mass is 459 g/mol. The number of fused-ring (bicyclic) bond motifs is 5. The number of hydrogen-bond acceptors (Lipinski definition) is 5. The van der Waals surface area contributed by atoms with Crippen LogP contribution in [-0.4, -0.2) is 48.9 Å². The number of nitrogens with zero attached hydrogens (tertiary/aromatic N) is 1. The molecule has 6 rings (SSSR count). The first-order valence-corrected chi connectivity index (χ1v) is 11.3. The molecular formula is C27H22FNO5. The van der Waals surface area contributed by atoms with Crippen molar-refractivity contribution in [2.45, 2.75) is 12.8 Å². The Kier molecular flexibility index (Phi) is 4.45. The molecule has 3 aromatic carbocycles. The van der Waals surface area contributed by atoms with Crippen molar-refractivity contribution in [2.75, 3.05) is 26.3 Å². The van der Waals surface area contributed by atoms with Crippen LogP contribution in [-0.2, 0) is 14.3 Å². The van der Waals surface area contributed by atoms with Gasteiger partial charge in [0.15, 0.2) is 11.2 Å². The fraction of sp³-hybridized carbons (Fsp3) is 0.296. The third-order valence-electron chi connectivity index (χ3n) is 7.70. The zero-order valence-electron chi connectivity index (χ0n) is 18.5. The van der Waals surface area contributed by atoms with Gasteiger partial charge >= 0.3 is 5.97 Å². The Morgan fingerprint density at radius 1 is 1.00 bits per heavy atom. The number of halogens is 1. The molecular weight excluding hydrogens is 437 g/mol. The molecule has 0 radical (unpaired) electrons. The van der Waals surface area contributed by atoms with Crippen LogP contribution in [0.2, 0.25) is 0 Å². The number of amides is 1. The molecule has 172 valence electrons. The van der Waals surface area contributed by atoms with Gasteiger partial charge in [-0.05, 0) is 48.0 Å².